The van der Waals surface area contributed by atoms with Crippen molar-refractivity contribution in [1.82, 2.24) is 24.5 Å². The number of fused-ring (bicyclic) bond motifs is 1. The highest BCUT2D eigenvalue weighted by molar-refractivity contribution is 7.92. The average molecular weight is 362 g/mol. The first-order valence-corrected chi connectivity index (χ1v) is 8.80. The summed E-state index contributed by atoms with van der Waals surface area (Å²) in [7, 11) is -2.06. The van der Waals surface area contributed by atoms with Gasteiger partial charge in [0, 0.05) is 19.4 Å². The van der Waals surface area contributed by atoms with Crippen molar-refractivity contribution in [2.24, 2.45) is 7.05 Å². The standard InChI is InChI=1S/C14H14N6O2S2/c1-9-3-5-10(6-4-9)24(21,22)19-14(23)17-12-11-13(20(2)18-12)16-8-7-15-11/h3-8H,1-2H3,(H2,17,18,19,23). The van der Waals surface area contributed by atoms with Gasteiger partial charge in [0.15, 0.2) is 22.1 Å². The zero-order valence-electron chi connectivity index (χ0n) is 12.9. The van der Waals surface area contributed by atoms with Gasteiger partial charge in [-0.2, -0.15) is 5.10 Å². The van der Waals surface area contributed by atoms with E-state index in [-0.39, 0.29) is 10.0 Å². The molecule has 2 aromatic heterocycles. The van der Waals surface area contributed by atoms with Crippen LogP contribution in [0.5, 0.6) is 0 Å². The number of aryl methyl sites for hydroxylation is 2. The molecule has 3 aromatic rings. The Morgan fingerprint density at radius 2 is 1.83 bits per heavy atom. The van der Waals surface area contributed by atoms with E-state index in [2.05, 4.69) is 25.1 Å². The minimum atomic E-state index is -3.77. The van der Waals surface area contributed by atoms with Crippen molar-refractivity contribution in [2.45, 2.75) is 11.8 Å². The molecule has 0 aliphatic rings. The van der Waals surface area contributed by atoms with Gasteiger partial charge < -0.3 is 5.32 Å². The number of nitrogens with one attached hydrogen (secondary N) is 2. The molecule has 0 aliphatic carbocycles. The van der Waals surface area contributed by atoms with Crippen LogP contribution in [0.2, 0.25) is 0 Å². The summed E-state index contributed by atoms with van der Waals surface area (Å²) in [6.45, 7) is 1.88. The Labute approximate surface area is 144 Å². The monoisotopic (exact) mass is 362 g/mol. The molecule has 2 heterocycles. The SMILES string of the molecule is Cc1ccc(S(=O)(=O)NC(=S)Nc2nn(C)c3nccnc23)cc1. The maximum Gasteiger partial charge on any atom is 0.263 e. The fourth-order valence-corrected chi connectivity index (χ4v) is 3.43. The summed E-state index contributed by atoms with van der Waals surface area (Å²) in [5, 5.41) is 6.86. The van der Waals surface area contributed by atoms with Crippen LogP contribution < -0.4 is 10.0 Å². The zero-order valence-corrected chi connectivity index (χ0v) is 14.5. The molecule has 0 aliphatic heterocycles. The molecule has 0 bridgehead atoms. The molecule has 0 radical (unpaired) electrons. The van der Waals surface area contributed by atoms with E-state index in [0.29, 0.717) is 17.0 Å². The lowest BCUT2D eigenvalue weighted by molar-refractivity contribution is 0.593. The van der Waals surface area contributed by atoms with Gasteiger partial charge in [-0.25, -0.2) is 23.1 Å². The smallest absolute Gasteiger partial charge is 0.263 e. The van der Waals surface area contributed by atoms with Gasteiger partial charge in [-0.15, -0.1) is 0 Å². The molecular weight excluding hydrogens is 348 g/mol. The summed E-state index contributed by atoms with van der Waals surface area (Å²) in [6, 6.07) is 6.46. The highest BCUT2D eigenvalue weighted by atomic mass is 32.2. The van der Waals surface area contributed by atoms with Crippen LogP contribution in [0.3, 0.4) is 0 Å². The quantitative estimate of drug-likeness (QED) is 0.678. The van der Waals surface area contributed by atoms with E-state index < -0.39 is 10.0 Å². The predicted octanol–water partition coefficient (Wildman–Crippen LogP) is 1.35. The van der Waals surface area contributed by atoms with E-state index in [4.69, 9.17) is 12.2 Å². The molecule has 124 valence electrons. The molecule has 0 saturated carbocycles. The van der Waals surface area contributed by atoms with Gasteiger partial charge in [-0.1, -0.05) is 17.7 Å². The summed E-state index contributed by atoms with van der Waals surface area (Å²) >= 11 is 5.08. The van der Waals surface area contributed by atoms with Gasteiger partial charge in [-0.3, -0.25) is 4.72 Å². The van der Waals surface area contributed by atoms with Crippen LogP contribution >= 0.6 is 12.2 Å². The third-order valence-corrected chi connectivity index (χ3v) is 4.95. The fraction of sp³-hybridized carbons (Fsp3) is 0.143. The number of thiocarbonyl (C=S) groups is 1. The Balaban J connectivity index is 1.81. The van der Waals surface area contributed by atoms with Gasteiger partial charge >= 0.3 is 0 Å². The van der Waals surface area contributed by atoms with Gasteiger partial charge in [0.1, 0.15) is 0 Å². The Morgan fingerprint density at radius 1 is 1.17 bits per heavy atom. The number of aromatic nitrogens is 4. The van der Waals surface area contributed by atoms with Crippen molar-refractivity contribution < 1.29 is 8.42 Å². The number of rotatable bonds is 3. The zero-order chi connectivity index (χ0) is 17.3. The van der Waals surface area contributed by atoms with Crippen LogP contribution in [-0.4, -0.2) is 33.3 Å². The molecule has 0 unspecified atom stereocenters. The third kappa shape index (κ3) is 3.19. The lowest BCUT2D eigenvalue weighted by Crippen LogP contribution is -2.34. The number of nitrogens with zero attached hydrogens (tertiary/aromatic N) is 4. The van der Waals surface area contributed by atoms with Crippen LogP contribution in [0.25, 0.3) is 11.2 Å². The van der Waals surface area contributed by atoms with E-state index in [1.54, 1.807) is 25.4 Å². The minimum absolute atomic E-state index is 0.0961. The first kappa shape index (κ1) is 16.3. The first-order valence-electron chi connectivity index (χ1n) is 6.91. The molecule has 0 spiro atoms. The number of hydrogen-bond acceptors (Lipinski definition) is 6. The van der Waals surface area contributed by atoms with Crippen molar-refractivity contribution in [3.63, 3.8) is 0 Å². The number of hydrogen-bond donors (Lipinski definition) is 2. The number of benzene rings is 1. The topological polar surface area (TPSA) is 102 Å². The third-order valence-electron chi connectivity index (χ3n) is 3.25. The van der Waals surface area contributed by atoms with Crippen LogP contribution in [0.4, 0.5) is 5.82 Å². The van der Waals surface area contributed by atoms with Crippen LogP contribution in [0.15, 0.2) is 41.6 Å². The summed E-state index contributed by atoms with van der Waals surface area (Å²) in [5.74, 6) is 0.331. The maximum atomic E-state index is 12.3. The van der Waals surface area contributed by atoms with Crippen molar-refractivity contribution in [3.05, 3.63) is 42.2 Å². The van der Waals surface area contributed by atoms with E-state index in [1.807, 2.05) is 6.92 Å². The molecule has 8 nitrogen and oxygen atoms in total. The minimum Gasteiger partial charge on any atom is -0.313 e. The lowest BCUT2D eigenvalue weighted by Gasteiger charge is -2.09. The van der Waals surface area contributed by atoms with Crippen molar-refractivity contribution in [2.75, 3.05) is 5.32 Å². The Kier molecular flexibility index (Phi) is 4.16. The molecule has 24 heavy (non-hydrogen) atoms. The Hall–Kier alpha value is -2.59. The van der Waals surface area contributed by atoms with Gasteiger partial charge in [0.2, 0.25) is 0 Å². The number of sulfonamides is 1. The molecule has 3 rings (SSSR count). The van der Waals surface area contributed by atoms with E-state index in [0.717, 1.165) is 5.56 Å². The second-order valence-corrected chi connectivity index (χ2v) is 7.16. The van der Waals surface area contributed by atoms with Gasteiger partial charge in [0.25, 0.3) is 10.0 Å². The summed E-state index contributed by atoms with van der Waals surface area (Å²) in [4.78, 5) is 8.46. The molecule has 0 atom stereocenters. The summed E-state index contributed by atoms with van der Waals surface area (Å²) < 4.78 is 28.5. The normalized spacial score (nSPS) is 11.4. The fourth-order valence-electron chi connectivity index (χ4n) is 2.09. The molecule has 1 aromatic carbocycles. The Bertz CT molecular complexity index is 1010. The molecule has 0 saturated heterocycles. The largest absolute Gasteiger partial charge is 0.313 e. The average Bonchev–Trinajstić information content (AvgIpc) is 2.84. The second kappa shape index (κ2) is 6.13. The Morgan fingerprint density at radius 3 is 2.54 bits per heavy atom. The molecular formula is C14H14N6O2S2. The molecule has 0 amide bonds. The van der Waals surface area contributed by atoms with E-state index in [1.165, 1.54) is 23.0 Å². The maximum absolute atomic E-state index is 12.3. The summed E-state index contributed by atoms with van der Waals surface area (Å²) in [5.41, 5.74) is 2.02. The van der Waals surface area contributed by atoms with E-state index >= 15 is 0 Å². The van der Waals surface area contributed by atoms with Crippen molar-refractivity contribution >= 4 is 44.3 Å². The van der Waals surface area contributed by atoms with Crippen LogP contribution in [0, 0.1) is 6.92 Å². The van der Waals surface area contributed by atoms with Crippen LogP contribution in [-0.2, 0) is 17.1 Å². The highest BCUT2D eigenvalue weighted by Crippen LogP contribution is 2.17. The second-order valence-electron chi connectivity index (χ2n) is 5.07. The van der Waals surface area contributed by atoms with E-state index in [9.17, 15) is 8.42 Å². The van der Waals surface area contributed by atoms with Gasteiger partial charge in [0.05, 0.1) is 4.90 Å². The van der Waals surface area contributed by atoms with Gasteiger partial charge in [-0.05, 0) is 31.3 Å². The van der Waals surface area contributed by atoms with Crippen LogP contribution in [0.1, 0.15) is 5.56 Å². The number of anilines is 1. The molecule has 2 N–H and O–H groups in total. The lowest BCUT2D eigenvalue weighted by atomic mass is 10.2. The summed E-state index contributed by atoms with van der Waals surface area (Å²) in [6.07, 6.45) is 3.07. The first-order chi connectivity index (χ1) is 11.4. The highest BCUT2D eigenvalue weighted by Gasteiger charge is 2.17. The molecule has 0 fully saturated rings. The van der Waals surface area contributed by atoms with Crippen molar-refractivity contribution in [3.8, 4) is 0 Å². The molecule has 10 heteroatoms. The van der Waals surface area contributed by atoms with Crippen molar-refractivity contribution in [1.29, 1.82) is 0 Å². The predicted molar refractivity (Wildman–Crippen MR) is 94.0 cm³/mol.